The van der Waals surface area contributed by atoms with Crippen LogP contribution in [0.3, 0.4) is 0 Å². The first-order valence-corrected chi connectivity index (χ1v) is 7.88. The molecule has 7 heteroatoms. The number of anilines is 1. The lowest BCUT2D eigenvalue weighted by Crippen LogP contribution is -2.40. The van der Waals surface area contributed by atoms with E-state index in [2.05, 4.69) is 11.1 Å². The average Bonchev–Trinajstić information content (AvgIpc) is 2.89. The third-order valence-corrected chi connectivity index (χ3v) is 3.77. The van der Waals surface area contributed by atoms with Crippen molar-refractivity contribution in [3.63, 3.8) is 0 Å². The minimum atomic E-state index is -0.798. The van der Waals surface area contributed by atoms with Gasteiger partial charge in [0.2, 0.25) is 0 Å². The zero-order valence-corrected chi connectivity index (χ0v) is 14.3. The molecule has 0 radical (unpaired) electrons. The van der Waals surface area contributed by atoms with Crippen LogP contribution in [0.1, 0.15) is 20.8 Å². The molecule has 3 rings (SSSR count). The molecule has 2 aromatic rings. The third-order valence-electron chi connectivity index (χ3n) is 3.77. The summed E-state index contributed by atoms with van der Waals surface area (Å²) in [5, 5.41) is 11.1. The molecule has 7 nitrogen and oxygen atoms in total. The molecule has 1 aromatic heterocycles. The van der Waals surface area contributed by atoms with E-state index >= 15 is 0 Å². The molecule has 1 atom stereocenters. The van der Waals surface area contributed by atoms with Crippen LogP contribution < -0.4 is 4.90 Å². The molecule has 0 bridgehead atoms. The molecule has 128 valence electrons. The van der Waals surface area contributed by atoms with Crippen molar-refractivity contribution in [2.45, 2.75) is 32.4 Å². The first kappa shape index (κ1) is 16.7. The lowest BCUT2D eigenvalue weighted by molar-refractivity contribution is 0.0352. The normalized spacial score (nSPS) is 17.7. The van der Waals surface area contributed by atoms with E-state index in [0.717, 1.165) is 15.7 Å². The van der Waals surface area contributed by atoms with E-state index < -0.39 is 23.8 Å². The van der Waals surface area contributed by atoms with Crippen LogP contribution in [0.4, 0.5) is 15.3 Å². The maximum atomic E-state index is 12.8. The number of pyridine rings is 1. The summed E-state index contributed by atoms with van der Waals surface area (Å²) >= 11 is 0. The third kappa shape index (κ3) is 3.11. The second kappa shape index (κ2) is 6.06. The molecule has 25 heavy (non-hydrogen) atoms. The number of fused-ring (bicyclic) bond motifs is 1. The van der Waals surface area contributed by atoms with Gasteiger partial charge < -0.3 is 4.74 Å². The number of benzene rings is 1. The van der Waals surface area contributed by atoms with Gasteiger partial charge in [-0.2, -0.15) is 5.26 Å². The molecule has 1 fully saturated rings. The van der Waals surface area contributed by atoms with Crippen molar-refractivity contribution in [1.29, 1.82) is 5.26 Å². The Morgan fingerprint density at radius 1 is 1.32 bits per heavy atom. The highest BCUT2D eigenvalue weighted by atomic mass is 16.6. The highest BCUT2D eigenvalue weighted by Gasteiger charge is 2.44. The summed E-state index contributed by atoms with van der Waals surface area (Å²) in [5.74, 6) is 0. The number of nitrogens with zero attached hydrogens (tertiary/aromatic N) is 4. The Balaban J connectivity index is 2.00. The molecule has 0 spiro atoms. The van der Waals surface area contributed by atoms with Crippen molar-refractivity contribution < 1.29 is 14.3 Å². The number of carbonyl (C=O) groups excluding carboxylic acids is 2. The first-order valence-electron chi connectivity index (χ1n) is 7.88. The molecule has 1 aliphatic heterocycles. The van der Waals surface area contributed by atoms with Crippen molar-refractivity contribution >= 4 is 28.6 Å². The molecule has 0 saturated carbocycles. The summed E-state index contributed by atoms with van der Waals surface area (Å²) in [6.45, 7) is 5.12. The Kier molecular flexibility index (Phi) is 4.05. The van der Waals surface area contributed by atoms with Crippen LogP contribution in [0.5, 0.6) is 0 Å². The molecule has 1 aromatic carbocycles. The molecule has 1 unspecified atom stereocenters. The van der Waals surface area contributed by atoms with Crippen LogP contribution in [0, 0.1) is 11.3 Å². The van der Waals surface area contributed by atoms with Crippen LogP contribution in [0.25, 0.3) is 10.8 Å². The minimum absolute atomic E-state index is 0.0481. The van der Waals surface area contributed by atoms with Gasteiger partial charge >= 0.3 is 12.1 Å². The van der Waals surface area contributed by atoms with E-state index in [0.29, 0.717) is 5.69 Å². The first-order chi connectivity index (χ1) is 11.8. The largest absolute Gasteiger partial charge is 0.443 e. The van der Waals surface area contributed by atoms with Crippen molar-refractivity contribution in [1.82, 2.24) is 9.88 Å². The van der Waals surface area contributed by atoms with E-state index in [4.69, 9.17) is 4.74 Å². The molecular weight excluding hydrogens is 320 g/mol. The summed E-state index contributed by atoms with van der Waals surface area (Å²) in [5.41, 5.74) is -0.228. The molecule has 1 aliphatic rings. The Morgan fingerprint density at radius 3 is 2.72 bits per heavy atom. The number of hydrogen-bond donors (Lipinski definition) is 0. The monoisotopic (exact) mass is 338 g/mol. The molecule has 1 saturated heterocycles. The quantitative estimate of drug-likeness (QED) is 0.796. The zero-order chi connectivity index (χ0) is 18.2. The fourth-order valence-electron chi connectivity index (χ4n) is 2.73. The van der Waals surface area contributed by atoms with Crippen LogP contribution >= 0.6 is 0 Å². The summed E-state index contributed by atoms with van der Waals surface area (Å²) in [4.78, 5) is 31.5. The number of amides is 3. The van der Waals surface area contributed by atoms with Gasteiger partial charge in [0, 0.05) is 17.0 Å². The summed E-state index contributed by atoms with van der Waals surface area (Å²) in [6, 6.07) is 8.14. The number of carbonyl (C=O) groups is 2. The van der Waals surface area contributed by atoms with E-state index in [9.17, 15) is 14.9 Å². The Morgan fingerprint density at radius 2 is 2.04 bits per heavy atom. The van der Waals surface area contributed by atoms with Gasteiger partial charge in [0.15, 0.2) is 0 Å². The fraction of sp³-hybridized carbons (Fsp3) is 0.333. The molecule has 0 aliphatic carbocycles. The van der Waals surface area contributed by atoms with Crippen molar-refractivity contribution in [2.24, 2.45) is 0 Å². The van der Waals surface area contributed by atoms with Crippen molar-refractivity contribution in [3.8, 4) is 6.07 Å². The van der Waals surface area contributed by atoms with Crippen LogP contribution in [0.2, 0.25) is 0 Å². The molecule has 2 heterocycles. The summed E-state index contributed by atoms with van der Waals surface area (Å²) in [7, 11) is 0. The van der Waals surface area contributed by atoms with E-state index in [1.165, 1.54) is 11.1 Å². The lowest BCUT2D eigenvalue weighted by Gasteiger charge is -2.23. The lowest BCUT2D eigenvalue weighted by atomic mass is 10.1. The van der Waals surface area contributed by atoms with Crippen LogP contribution in [-0.4, -0.2) is 40.2 Å². The van der Waals surface area contributed by atoms with Gasteiger partial charge in [-0.3, -0.25) is 9.88 Å². The Bertz CT molecular complexity index is 877. The number of nitriles is 1. The Labute approximate surface area is 145 Å². The predicted molar refractivity (Wildman–Crippen MR) is 92.0 cm³/mol. The number of urea groups is 1. The SMILES string of the molecule is CC(C)(C)OC(=O)N1CC(C#N)N(c2cncc3ccccc23)C1=O. The predicted octanol–water partition coefficient (Wildman–Crippen LogP) is 3.30. The molecular formula is C18H18N4O3. The maximum Gasteiger partial charge on any atom is 0.418 e. The van der Waals surface area contributed by atoms with Gasteiger partial charge in [-0.05, 0) is 20.8 Å². The van der Waals surface area contributed by atoms with Gasteiger partial charge in [-0.15, -0.1) is 0 Å². The topological polar surface area (TPSA) is 86.5 Å². The highest BCUT2D eigenvalue weighted by Crippen LogP contribution is 2.31. The van der Waals surface area contributed by atoms with Crippen LogP contribution in [-0.2, 0) is 4.74 Å². The van der Waals surface area contributed by atoms with Gasteiger partial charge in [0.25, 0.3) is 0 Å². The second-order valence-electron chi connectivity index (χ2n) is 6.77. The smallest absolute Gasteiger partial charge is 0.418 e. The van der Waals surface area contributed by atoms with Gasteiger partial charge in [0.1, 0.15) is 11.6 Å². The number of aromatic nitrogens is 1. The minimum Gasteiger partial charge on any atom is -0.443 e. The summed E-state index contributed by atoms with van der Waals surface area (Å²) in [6.07, 6.45) is 2.46. The van der Waals surface area contributed by atoms with Gasteiger partial charge in [-0.1, -0.05) is 24.3 Å². The zero-order valence-electron chi connectivity index (χ0n) is 14.3. The number of imide groups is 1. The average molecular weight is 338 g/mol. The maximum absolute atomic E-state index is 12.8. The molecule has 0 N–H and O–H groups in total. The standard InChI is InChI=1S/C18H18N4O3/c1-18(2,3)25-17(24)21-11-13(8-19)22(16(21)23)15-10-20-9-12-6-4-5-7-14(12)15/h4-7,9-10,13H,11H2,1-3H3. The second-order valence-corrected chi connectivity index (χ2v) is 6.77. The Hall–Kier alpha value is -3.14. The van der Waals surface area contributed by atoms with E-state index in [-0.39, 0.29) is 6.54 Å². The van der Waals surface area contributed by atoms with E-state index in [1.54, 1.807) is 27.0 Å². The van der Waals surface area contributed by atoms with Crippen LogP contribution in [0.15, 0.2) is 36.7 Å². The van der Waals surface area contributed by atoms with E-state index in [1.807, 2.05) is 24.3 Å². The summed E-state index contributed by atoms with van der Waals surface area (Å²) < 4.78 is 5.27. The van der Waals surface area contributed by atoms with Crippen molar-refractivity contribution in [3.05, 3.63) is 36.7 Å². The van der Waals surface area contributed by atoms with Crippen molar-refractivity contribution in [2.75, 3.05) is 11.4 Å². The van der Waals surface area contributed by atoms with Gasteiger partial charge in [0.05, 0.1) is 24.5 Å². The number of hydrogen-bond acceptors (Lipinski definition) is 5. The number of rotatable bonds is 1. The van der Waals surface area contributed by atoms with Gasteiger partial charge in [-0.25, -0.2) is 14.5 Å². The molecule has 3 amide bonds. The highest BCUT2D eigenvalue weighted by molar-refractivity contribution is 6.09. The fourth-order valence-corrected chi connectivity index (χ4v) is 2.73. The number of ether oxygens (including phenoxy) is 1.